The van der Waals surface area contributed by atoms with Crippen molar-refractivity contribution in [2.75, 3.05) is 33.6 Å². The molecule has 7 rings (SSSR count). The fourth-order valence-electron chi connectivity index (χ4n) is 6.60. The first-order chi connectivity index (χ1) is 28.9. The molecular formula is C41H40N8O9S2. The number of methoxy groups -OCH3 is 3. The largest absolute Gasteiger partial charge is 0.497 e. The van der Waals surface area contributed by atoms with Crippen LogP contribution in [0.15, 0.2) is 125 Å². The second kappa shape index (κ2) is 17.6. The second-order valence-electron chi connectivity index (χ2n) is 13.4. The summed E-state index contributed by atoms with van der Waals surface area (Å²) in [5.74, 6) is 0.812. The average Bonchev–Trinajstić information content (AvgIpc) is 3.94. The van der Waals surface area contributed by atoms with Crippen LogP contribution in [-0.4, -0.2) is 95.6 Å². The van der Waals surface area contributed by atoms with Crippen molar-refractivity contribution < 1.29 is 40.9 Å². The number of imidazole rings is 1. The van der Waals surface area contributed by atoms with Gasteiger partial charge in [-0.25, -0.2) is 26.6 Å². The van der Waals surface area contributed by atoms with Gasteiger partial charge in [-0.05, 0) is 82.1 Å². The van der Waals surface area contributed by atoms with Crippen molar-refractivity contribution in [3.63, 3.8) is 0 Å². The first kappa shape index (κ1) is 41.3. The number of rotatable bonds is 17. The minimum Gasteiger partial charge on any atom is -0.497 e. The zero-order chi connectivity index (χ0) is 42.4. The Hall–Kier alpha value is -6.83. The molecule has 3 heterocycles. The molecule has 310 valence electrons. The van der Waals surface area contributed by atoms with E-state index in [1.165, 1.54) is 35.5 Å². The van der Waals surface area contributed by atoms with Crippen LogP contribution in [0.5, 0.6) is 17.2 Å². The molecule has 0 unspecified atom stereocenters. The van der Waals surface area contributed by atoms with E-state index in [0.717, 1.165) is 5.56 Å². The minimum atomic E-state index is -4.89. The highest BCUT2D eigenvalue weighted by Crippen LogP contribution is 2.42. The number of hydrogen-bond acceptors (Lipinski definition) is 12. The van der Waals surface area contributed by atoms with Crippen LogP contribution in [0.4, 0.5) is 4.79 Å². The number of pyridine rings is 1. The van der Waals surface area contributed by atoms with E-state index in [0.29, 0.717) is 39.6 Å². The van der Waals surface area contributed by atoms with E-state index < -0.39 is 48.0 Å². The molecule has 0 saturated heterocycles. The normalized spacial score (nSPS) is 11.8. The van der Waals surface area contributed by atoms with Crippen LogP contribution in [0.1, 0.15) is 16.7 Å². The van der Waals surface area contributed by atoms with E-state index in [1.54, 1.807) is 103 Å². The number of amides is 1. The molecule has 4 aromatic carbocycles. The molecule has 1 amide bonds. The Morgan fingerprint density at radius 3 is 1.90 bits per heavy atom. The molecule has 0 aliphatic heterocycles. The van der Waals surface area contributed by atoms with Gasteiger partial charge >= 0.3 is 6.09 Å². The van der Waals surface area contributed by atoms with E-state index in [1.807, 2.05) is 12.1 Å². The van der Waals surface area contributed by atoms with Gasteiger partial charge in [0.2, 0.25) is 15.8 Å². The van der Waals surface area contributed by atoms with Gasteiger partial charge in [-0.3, -0.25) is 0 Å². The van der Waals surface area contributed by atoms with Crippen LogP contribution in [0.3, 0.4) is 0 Å². The number of carboxylic acid groups (broad SMARTS) is 1. The lowest BCUT2D eigenvalue weighted by atomic mass is 10.00. The number of sulfone groups is 1. The van der Waals surface area contributed by atoms with Gasteiger partial charge in [0, 0.05) is 43.8 Å². The van der Waals surface area contributed by atoms with Crippen LogP contribution in [-0.2, 0) is 39.5 Å². The molecule has 0 bridgehead atoms. The quantitative estimate of drug-likeness (QED) is 0.121. The van der Waals surface area contributed by atoms with Crippen molar-refractivity contribution in [1.82, 2.24) is 39.2 Å². The topological polar surface area (TPSA) is 209 Å². The maximum atomic E-state index is 15.8. The van der Waals surface area contributed by atoms with E-state index >= 15 is 8.42 Å². The monoisotopic (exact) mass is 852 g/mol. The van der Waals surface area contributed by atoms with Crippen LogP contribution in [0.25, 0.3) is 28.2 Å². The molecule has 60 heavy (non-hydrogen) atoms. The Morgan fingerprint density at radius 1 is 0.750 bits per heavy atom. The van der Waals surface area contributed by atoms with Crippen molar-refractivity contribution in [3.05, 3.63) is 132 Å². The molecule has 0 spiro atoms. The summed E-state index contributed by atoms with van der Waals surface area (Å²) in [7, 11) is -4.86. The third-order valence-corrected chi connectivity index (χ3v) is 13.4. The number of benzene rings is 4. The standard InChI is InChI=1S/C41H40N8O9S2/c1-56-31-12-6-28(7-13-31)25-48(26-29-8-14-32(57-2)15-9-29)60(54,55)38-36(59(52,53)24-21-43-41(50)51)19-18-34(35-5-4-22-47-23-20-42-40(35)47)37(38)39-44-46-49(45-39)27-30-10-16-33(58-3)17-11-30/h4-20,22-23,43H,21,24-27H2,1-3H3,(H,50,51). The Bertz CT molecular complexity index is 2800. The van der Waals surface area contributed by atoms with Crippen molar-refractivity contribution >= 4 is 31.6 Å². The number of hydrogen-bond donors (Lipinski definition) is 2. The number of nitrogens with one attached hydrogen (secondary N) is 1. The third kappa shape index (κ3) is 8.92. The SMILES string of the molecule is COc1ccc(CN(Cc2ccc(OC)cc2)S(=O)(=O)c2c(S(=O)(=O)CCNC(=O)O)ccc(-c3cccn4ccnc34)c2-c2nnn(Cc3ccc(OC)cc3)n2)cc1. The lowest BCUT2D eigenvalue weighted by Gasteiger charge is -2.26. The summed E-state index contributed by atoms with van der Waals surface area (Å²) in [6.07, 6.45) is 3.63. The molecule has 7 aromatic rings. The molecule has 2 N–H and O–H groups in total. The summed E-state index contributed by atoms with van der Waals surface area (Å²) in [4.78, 5) is 16.0. The highest BCUT2D eigenvalue weighted by molar-refractivity contribution is 7.93. The van der Waals surface area contributed by atoms with Crippen molar-refractivity contribution in [3.8, 4) is 39.8 Å². The Kier molecular flexibility index (Phi) is 12.1. The molecular weight excluding hydrogens is 813 g/mol. The zero-order valence-corrected chi connectivity index (χ0v) is 34.3. The van der Waals surface area contributed by atoms with Crippen LogP contribution >= 0.6 is 0 Å². The maximum absolute atomic E-state index is 15.8. The molecule has 0 aliphatic carbocycles. The summed E-state index contributed by atoms with van der Waals surface area (Å²) < 4.78 is 79.3. The fraction of sp³-hybridized carbons (Fsp3) is 0.195. The summed E-state index contributed by atoms with van der Waals surface area (Å²) in [6.45, 7) is -0.783. The number of aromatic nitrogens is 6. The molecule has 0 fully saturated rings. The fourth-order valence-corrected chi connectivity index (χ4v) is 10.2. The third-order valence-electron chi connectivity index (χ3n) is 9.61. The number of carbonyl (C=O) groups is 1. The van der Waals surface area contributed by atoms with E-state index in [-0.39, 0.29) is 36.6 Å². The van der Waals surface area contributed by atoms with Crippen LogP contribution in [0, 0.1) is 0 Å². The van der Waals surface area contributed by atoms with Gasteiger partial charge in [0.05, 0.1) is 44.1 Å². The molecule has 0 atom stereocenters. The van der Waals surface area contributed by atoms with Crippen molar-refractivity contribution in [2.24, 2.45) is 0 Å². The number of nitrogens with zero attached hydrogens (tertiary/aromatic N) is 7. The first-order valence-electron chi connectivity index (χ1n) is 18.4. The van der Waals surface area contributed by atoms with Gasteiger partial charge in [-0.2, -0.15) is 9.10 Å². The average molecular weight is 853 g/mol. The molecule has 17 nitrogen and oxygen atoms in total. The highest BCUT2D eigenvalue weighted by Gasteiger charge is 2.38. The number of ether oxygens (including phenoxy) is 3. The second-order valence-corrected chi connectivity index (χ2v) is 17.4. The number of tetrazole rings is 1. The van der Waals surface area contributed by atoms with Gasteiger partial charge in [-0.15, -0.1) is 10.2 Å². The molecule has 0 aliphatic rings. The van der Waals surface area contributed by atoms with Crippen LogP contribution in [0.2, 0.25) is 0 Å². The van der Waals surface area contributed by atoms with E-state index in [4.69, 9.17) is 14.2 Å². The smallest absolute Gasteiger partial charge is 0.404 e. The predicted molar refractivity (Wildman–Crippen MR) is 220 cm³/mol. The molecule has 0 saturated carbocycles. The molecule has 19 heteroatoms. The summed E-state index contributed by atoms with van der Waals surface area (Å²) >= 11 is 0. The first-order valence-corrected chi connectivity index (χ1v) is 21.4. The van der Waals surface area contributed by atoms with E-state index in [2.05, 4.69) is 25.7 Å². The lowest BCUT2D eigenvalue weighted by molar-refractivity contribution is 0.195. The Morgan fingerprint density at radius 2 is 1.33 bits per heavy atom. The van der Waals surface area contributed by atoms with Crippen molar-refractivity contribution in [1.29, 1.82) is 0 Å². The van der Waals surface area contributed by atoms with Crippen molar-refractivity contribution in [2.45, 2.75) is 29.4 Å². The molecule has 0 radical (unpaired) electrons. The summed E-state index contributed by atoms with van der Waals surface area (Å²) in [6, 6.07) is 27.0. The Balaban J connectivity index is 1.49. The Labute approximate surface area is 345 Å². The minimum absolute atomic E-state index is 0.129. The van der Waals surface area contributed by atoms with Gasteiger partial charge < -0.3 is 29.0 Å². The molecule has 3 aromatic heterocycles. The predicted octanol–water partition coefficient (Wildman–Crippen LogP) is 5.16. The zero-order valence-electron chi connectivity index (χ0n) is 32.7. The van der Waals surface area contributed by atoms with Gasteiger partial charge in [-0.1, -0.05) is 42.5 Å². The lowest BCUT2D eigenvalue weighted by Crippen LogP contribution is -2.33. The summed E-state index contributed by atoms with van der Waals surface area (Å²) in [5, 5.41) is 24.6. The van der Waals surface area contributed by atoms with Gasteiger partial charge in [0.25, 0.3) is 0 Å². The maximum Gasteiger partial charge on any atom is 0.404 e. The highest BCUT2D eigenvalue weighted by atomic mass is 32.2. The summed E-state index contributed by atoms with van der Waals surface area (Å²) in [5.41, 5.74) is 2.94. The van der Waals surface area contributed by atoms with E-state index in [9.17, 15) is 18.3 Å². The van der Waals surface area contributed by atoms with Gasteiger partial charge in [0.15, 0.2) is 9.84 Å². The van der Waals surface area contributed by atoms with Gasteiger partial charge in [0.1, 0.15) is 27.8 Å². The number of sulfonamides is 1. The number of fused-ring (bicyclic) bond motifs is 1. The van der Waals surface area contributed by atoms with Crippen LogP contribution < -0.4 is 19.5 Å².